The van der Waals surface area contributed by atoms with Gasteiger partial charge in [0.15, 0.2) is 9.84 Å². The van der Waals surface area contributed by atoms with Crippen molar-refractivity contribution in [1.82, 2.24) is 0 Å². The maximum absolute atomic E-state index is 12.0. The highest BCUT2D eigenvalue weighted by molar-refractivity contribution is 9.10. The first-order valence-corrected chi connectivity index (χ1v) is 6.91. The number of anilines is 1. The molecule has 0 fully saturated rings. The van der Waals surface area contributed by atoms with Crippen LogP contribution in [0.2, 0.25) is 0 Å². The first-order valence-electron chi connectivity index (χ1n) is 4.46. The Balaban J connectivity index is 2.98. The van der Waals surface area contributed by atoms with Crippen molar-refractivity contribution >= 4 is 31.5 Å². The molecule has 96 valence electrons. The van der Waals surface area contributed by atoms with Crippen LogP contribution in [0.25, 0.3) is 0 Å². The van der Waals surface area contributed by atoms with E-state index in [1.165, 1.54) is 18.2 Å². The highest BCUT2D eigenvalue weighted by Gasteiger charge is 2.31. The van der Waals surface area contributed by atoms with Crippen molar-refractivity contribution in [3.05, 3.63) is 22.7 Å². The third kappa shape index (κ3) is 4.19. The molecule has 0 unspecified atom stereocenters. The van der Waals surface area contributed by atoms with Gasteiger partial charge >= 0.3 is 6.18 Å². The van der Waals surface area contributed by atoms with Crippen molar-refractivity contribution in [2.45, 2.75) is 17.5 Å². The van der Waals surface area contributed by atoms with Crippen LogP contribution in [0.5, 0.6) is 0 Å². The lowest BCUT2D eigenvalue weighted by Gasteiger charge is -2.09. The lowest BCUT2D eigenvalue weighted by atomic mass is 10.3. The van der Waals surface area contributed by atoms with Crippen molar-refractivity contribution in [3.8, 4) is 0 Å². The van der Waals surface area contributed by atoms with Crippen molar-refractivity contribution < 1.29 is 21.6 Å². The van der Waals surface area contributed by atoms with Gasteiger partial charge in [-0.25, -0.2) is 8.42 Å². The Morgan fingerprint density at radius 1 is 1.29 bits per heavy atom. The van der Waals surface area contributed by atoms with Gasteiger partial charge in [-0.3, -0.25) is 0 Å². The van der Waals surface area contributed by atoms with Crippen molar-refractivity contribution in [1.29, 1.82) is 0 Å². The topological polar surface area (TPSA) is 60.2 Å². The van der Waals surface area contributed by atoms with E-state index in [1.54, 1.807) is 0 Å². The summed E-state index contributed by atoms with van der Waals surface area (Å²) in [6.07, 6.45) is -5.86. The summed E-state index contributed by atoms with van der Waals surface area (Å²) in [6, 6.07) is 3.84. The average Bonchev–Trinajstić information content (AvgIpc) is 2.13. The first-order chi connectivity index (χ1) is 7.62. The van der Waals surface area contributed by atoms with E-state index < -0.39 is 28.2 Å². The van der Waals surface area contributed by atoms with Crippen LogP contribution in [0.15, 0.2) is 27.6 Å². The molecular formula is C9H9BrF3NO2S. The molecule has 1 aromatic rings. The molecular weight excluding hydrogens is 323 g/mol. The molecule has 0 saturated heterocycles. The summed E-state index contributed by atoms with van der Waals surface area (Å²) in [4.78, 5) is -0.184. The van der Waals surface area contributed by atoms with Gasteiger partial charge in [0.2, 0.25) is 0 Å². The average molecular weight is 332 g/mol. The second-order valence-corrected chi connectivity index (χ2v) is 6.31. The van der Waals surface area contributed by atoms with E-state index >= 15 is 0 Å². The van der Waals surface area contributed by atoms with Crippen LogP contribution in [0.4, 0.5) is 18.9 Å². The Kier molecular flexibility index (Phi) is 4.08. The Hall–Kier alpha value is -0.760. The summed E-state index contributed by atoms with van der Waals surface area (Å²) in [5.41, 5.74) is 5.73. The molecule has 17 heavy (non-hydrogen) atoms. The Labute approximate surface area is 105 Å². The zero-order chi connectivity index (χ0) is 13.3. The van der Waals surface area contributed by atoms with Gasteiger partial charge in [-0.2, -0.15) is 13.2 Å². The number of nitrogens with two attached hydrogens (primary N) is 1. The Morgan fingerprint density at radius 3 is 2.35 bits per heavy atom. The monoisotopic (exact) mass is 331 g/mol. The van der Waals surface area contributed by atoms with Crippen molar-refractivity contribution in [3.63, 3.8) is 0 Å². The molecule has 0 aromatic heterocycles. The van der Waals surface area contributed by atoms with E-state index in [1.807, 2.05) is 0 Å². The maximum atomic E-state index is 12.0. The third-order valence-corrected chi connectivity index (χ3v) is 4.63. The van der Waals surface area contributed by atoms with E-state index in [0.29, 0.717) is 5.69 Å². The van der Waals surface area contributed by atoms with Crippen LogP contribution in [0.1, 0.15) is 6.42 Å². The number of hydrogen-bond donors (Lipinski definition) is 1. The Morgan fingerprint density at radius 2 is 1.88 bits per heavy atom. The van der Waals surface area contributed by atoms with Gasteiger partial charge in [0, 0.05) is 10.2 Å². The minimum Gasteiger partial charge on any atom is -0.399 e. The normalized spacial score (nSPS) is 12.7. The van der Waals surface area contributed by atoms with Gasteiger partial charge in [-0.1, -0.05) is 0 Å². The molecule has 0 radical (unpaired) electrons. The van der Waals surface area contributed by atoms with E-state index in [0.717, 1.165) is 0 Å². The van der Waals surface area contributed by atoms with Gasteiger partial charge in [-0.15, -0.1) is 0 Å². The molecule has 0 aliphatic rings. The largest absolute Gasteiger partial charge is 0.399 e. The molecule has 0 bridgehead atoms. The maximum Gasteiger partial charge on any atom is 0.390 e. The third-order valence-electron chi connectivity index (χ3n) is 1.95. The second-order valence-electron chi connectivity index (χ2n) is 3.37. The molecule has 0 aliphatic carbocycles. The second kappa shape index (κ2) is 4.85. The molecule has 0 heterocycles. The van der Waals surface area contributed by atoms with E-state index in [4.69, 9.17) is 5.73 Å². The first kappa shape index (κ1) is 14.3. The van der Waals surface area contributed by atoms with Crippen LogP contribution in [-0.4, -0.2) is 20.3 Å². The van der Waals surface area contributed by atoms with Crippen LogP contribution in [0, 0.1) is 0 Å². The minimum atomic E-state index is -4.49. The van der Waals surface area contributed by atoms with E-state index in [-0.39, 0.29) is 9.37 Å². The molecule has 1 aromatic carbocycles. The summed E-state index contributed by atoms with van der Waals surface area (Å²) in [5.74, 6) is -0.973. The number of rotatable bonds is 3. The predicted octanol–water partition coefficient (Wildman–Crippen LogP) is 2.76. The molecule has 2 N–H and O–H groups in total. The quantitative estimate of drug-likeness (QED) is 0.866. The zero-order valence-corrected chi connectivity index (χ0v) is 10.9. The van der Waals surface area contributed by atoms with E-state index in [9.17, 15) is 21.6 Å². The zero-order valence-electron chi connectivity index (χ0n) is 8.46. The summed E-state index contributed by atoms with van der Waals surface area (Å²) in [7, 11) is -3.96. The smallest absolute Gasteiger partial charge is 0.390 e. The molecule has 0 amide bonds. The number of hydrogen-bond acceptors (Lipinski definition) is 3. The number of sulfone groups is 1. The lowest BCUT2D eigenvalue weighted by molar-refractivity contribution is -0.129. The van der Waals surface area contributed by atoms with Gasteiger partial charge in [-0.05, 0) is 34.1 Å². The molecule has 1 rings (SSSR count). The number of alkyl halides is 3. The lowest BCUT2D eigenvalue weighted by Crippen LogP contribution is -2.16. The predicted molar refractivity (Wildman–Crippen MR) is 61.3 cm³/mol. The van der Waals surface area contributed by atoms with Gasteiger partial charge in [0.1, 0.15) is 0 Å². The molecule has 8 heteroatoms. The van der Waals surface area contributed by atoms with Crippen molar-refractivity contribution in [2.24, 2.45) is 0 Å². The fourth-order valence-corrected chi connectivity index (χ4v) is 3.62. The fourth-order valence-electron chi connectivity index (χ4n) is 1.13. The summed E-state index contributed by atoms with van der Waals surface area (Å²) in [5, 5.41) is 0. The summed E-state index contributed by atoms with van der Waals surface area (Å²) in [6.45, 7) is 0. The fraction of sp³-hybridized carbons (Fsp3) is 0.333. The van der Waals surface area contributed by atoms with Crippen LogP contribution < -0.4 is 5.73 Å². The van der Waals surface area contributed by atoms with Gasteiger partial charge < -0.3 is 5.73 Å². The van der Waals surface area contributed by atoms with Gasteiger partial charge in [0.05, 0.1) is 17.1 Å². The number of halogens is 4. The standard InChI is InChI=1S/C9H9BrF3NO2S/c10-7-5-6(14)1-2-8(7)17(15,16)4-3-9(11,12)13/h1-2,5H,3-4,14H2. The summed E-state index contributed by atoms with van der Waals surface area (Å²) >= 11 is 2.96. The molecule has 0 spiro atoms. The SMILES string of the molecule is Nc1ccc(S(=O)(=O)CCC(F)(F)F)c(Br)c1. The minimum absolute atomic E-state index is 0.166. The highest BCUT2D eigenvalue weighted by atomic mass is 79.9. The number of nitrogen functional groups attached to an aromatic ring is 1. The summed E-state index contributed by atoms with van der Waals surface area (Å²) < 4.78 is 59.4. The molecule has 0 aliphatic heterocycles. The molecule has 0 saturated carbocycles. The van der Waals surface area contributed by atoms with Crippen LogP contribution in [-0.2, 0) is 9.84 Å². The van der Waals surface area contributed by atoms with Crippen LogP contribution >= 0.6 is 15.9 Å². The molecule has 3 nitrogen and oxygen atoms in total. The highest BCUT2D eigenvalue weighted by Crippen LogP contribution is 2.28. The van der Waals surface area contributed by atoms with Gasteiger partial charge in [0.25, 0.3) is 0 Å². The Bertz CT molecular complexity index is 513. The van der Waals surface area contributed by atoms with E-state index in [2.05, 4.69) is 15.9 Å². The number of benzene rings is 1. The molecule has 0 atom stereocenters. The van der Waals surface area contributed by atoms with Crippen molar-refractivity contribution in [2.75, 3.05) is 11.5 Å². The van der Waals surface area contributed by atoms with Crippen LogP contribution in [0.3, 0.4) is 0 Å².